The molecule has 1 aromatic carbocycles. The molecule has 2 rings (SSSR count). The molecule has 0 bridgehead atoms. The number of hydrogen-bond acceptors (Lipinski definition) is 3. The molecule has 0 aliphatic carbocycles. The predicted octanol–water partition coefficient (Wildman–Crippen LogP) is 3.23. The molecule has 2 N–H and O–H groups in total. The van der Waals surface area contributed by atoms with E-state index in [1.807, 2.05) is 11.0 Å². The highest BCUT2D eigenvalue weighted by molar-refractivity contribution is 5.75. The van der Waals surface area contributed by atoms with Crippen molar-refractivity contribution in [3.8, 4) is 0 Å². The van der Waals surface area contributed by atoms with Gasteiger partial charge in [-0.2, -0.15) is 0 Å². The van der Waals surface area contributed by atoms with Gasteiger partial charge in [0.05, 0.1) is 11.8 Å². The zero-order valence-corrected chi connectivity index (χ0v) is 14.9. The molecule has 0 saturated carbocycles. The Kier molecular flexibility index (Phi) is 6.21. The molecule has 1 aliphatic rings. The molecule has 5 heteroatoms. The van der Waals surface area contributed by atoms with Crippen molar-refractivity contribution in [3.63, 3.8) is 0 Å². The van der Waals surface area contributed by atoms with Crippen LogP contribution in [0.25, 0.3) is 0 Å². The van der Waals surface area contributed by atoms with Gasteiger partial charge in [0, 0.05) is 26.1 Å². The highest BCUT2D eigenvalue weighted by Crippen LogP contribution is 2.24. The number of benzene rings is 1. The van der Waals surface area contributed by atoms with Crippen molar-refractivity contribution in [2.24, 2.45) is 5.41 Å². The van der Waals surface area contributed by atoms with Crippen LogP contribution in [0.4, 0.5) is 10.1 Å². The Hall–Kier alpha value is -1.62. The zero-order valence-electron chi connectivity index (χ0n) is 14.9. The predicted molar refractivity (Wildman–Crippen MR) is 94.4 cm³/mol. The van der Waals surface area contributed by atoms with Crippen LogP contribution in [0.5, 0.6) is 0 Å². The summed E-state index contributed by atoms with van der Waals surface area (Å²) in [5.41, 5.74) is 1.47. The monoisotopic (exact) mass is 336 g/mol. The first-order valence-corrected chi connectivity index (χ1v) is 8.73. The van der Waals surface area contributed by atoms with E-state index in [-0.39, 0.29) is 23.2 Å². The number of aliphatic hydroxyl groups is 1. The number of hydrogen-bond donors (Lipinski definition) is 2. The number of carbonyl (C=O) groups excluding carboxylic acids is 1. The lowest BCUT2D eigenvalue weighted by Gasteiger charge is -2.31. The molecule has 0 spiro atoms. The lowest BCUT2D eigenvalue weighted by Crippen LogP contribution is -2.36. The molecule has 0 radical (unpaired) electrons. The van der Waals surface area contributed by atoms with Gasteiger partial charge in [0.1, 0.15) is 5.82 Å². The molecule has 1 heterocycles. The van der Waals surface area contributed by atoms with Gasteiger partial charge in [0.15, 0.2) is 0 Å². The molecular formula is C19H29FN2O2. The van der Waals surface area contributed by atoms with Gasteiger partial charge in [0.25, 0.3) is 0 Å². The normalized spacial score (nSPS) is 16.3. The number of anilines is 1. The maximum Gasteiger partial charge on any atom is 0.220 e. The Morgan fingerprint density at radius 1 is 1.33 bits per heavy atom. The summed E-state index contributed by atoms with van der Waals surface area (Å²) in [4.78, 5) is 13.8. The quantitative estimate of drug-likeness (QED) is 0.868. The minimum Gasteiger partial charge on any atom is -0.393 e. The van der Waals surface area contributed by atoms with E-state index in [4.69, 9.17) is 0 Å². The van der Waals surface area contributed by atoms with Crippen molar-refractivity contribution < 1.29 is 14.3 Å². The topological polar surface area (TPSA) is 52.6 Å². The SMILES string of the molecule is CC(C)(C)CCC(=O)NCc1ccc(N2CCC(O)CC2)c(F)c1. The molecule has 1 aliphatic heterocycles. The van der Waals surface area contributed by atoms with Crippen LogP contribution in [0.15, 0.2) is 18.2 Å². The largest absolute Gasteiger partial charge is 0.393 e. The van der Waals surface area contributed by atoms with E-state index < -0.39 is 0 Å². The summed E-state index contributed by atoms with van der Waals surface area (Å²) in [7, 11) is 0. The number of halogens is 1. The molecule has 1 fully saturated rings. The lowest BCUT2D eigenvalue weighted by atomic mass is 9.90. The molecular weight excluding hydrogens is 307 g/mol. The fourth-order valence-corrected chi connectivity index (χ4v) is 2.80. The molecule has 0 unspecified atom stereocenters. The van der Waals surface area contributed by atoms with Gasteiger partial charge in [-0.3, -0.25) is 4.79 Å². The van der Waals surface area contributed by atoms with E-state index in [0.29, 0.717) is 44.6 Å². The Bertz CT molecular complexity index is 561. The van der Waals surface area contributed by atoms with Crippen LogP contribution in [-0.2, 0) is 11.3 Å². The number of rotatable bonds is 5. The van der Waals surface area contributed by atoms with Crippen LogP contribution in [0.3, 0.4) is 0 Å². The van der Waals surface area contributed by atoms with E-state index in [2.05, 4.69) is 26.1 Å². The van der Waals surface area contributed by atoms with E-state index in [1.165, 1.54) is 6.07 Å². The molecule has 1 aromatic rings. The average Bonchev–Trinajstić information content (AvgIpc) is 2.51. The van der Waals surface area contributed by atoms with Gasteiger partial charge >= 0.3 is 0 Å². The van der Waals surface area contributed by atoms with Crippen molar-refractivity contribution >= 4 is 11.6 Å². The number of nitrogens with zero attached hydrogens (tertiary/aromatic N) is 1. The minimum absolute atomic E-state index is 0.000530. The lowest BCUT2D eigenvalue weighted by molar-refractivity contribution is -0.121. The second-order valence-electron chi connectivity index (χ2n) is 7.84. The summed E-state index contributed by atoms with van der Waals surface area (Å²) in [6.07, 6.45) is 2.38. The van der Waals surface area contributed by atoms with Crippen molar-refractivity contribution in [1.82, 2.24) is 5.32 Å². The van der Waals surface area contributed by atoms with Gasteiger partial charge in [-0.15, -0.1) is 0 Å². The highest BCUT2D eigenvalue weighted by Gasteiger charge is 2.19. The first kappa shape index (κ1) is 18.7. The summed E-state index contributed by atoms with van der Waals surface area (Å²) in [5.74, 6) is -0.271. The van der Waals surface area contributed by atoms with Gasteiger partial charge in [-0.25, -0.2) is 4.39 Å². The number of piperidine rings is 1. The summed E-state index contributed by atoms with van der Waals surface area (Å²) >= 11 is 0. The van der Waals surface area contributed by atoms with Crippen molar-refractivity contribution in [2.75, 3.05) is 18.0 Å². The maximum absolute atomic E-state index is 14.3. The third-order valence-corrected chi connectivity index (χ3v) is 4.41. The van der Waals surface area contributed by atoms with E-state index in [1.54, 1.807) is 6.07 Å². The maximum atomic E-state index is 14.3. The smallest absolute Gasteiger partial charge is 0.220 e. The summed E-state index contributed by atoms with van der Waals surface area (Å²) in [6, 6.07) is 5.11. The van der Waals surface area contributed by atoms with Crippen molar-refractivity contribution in [1.29, 1.82) is 0 Å². The van der Waals surface area contributed by atoms with Crippen LogP contribution in [0, 0.1) is 11.2 Å². The number of aliphatic hydroxyl groups excluding tert-OH is 1. The van der Waals surface area contributed by atoms with Crippen LogP contribution in [0.1, 0.15) is 52.0 Å². The minimum atomic E-state index is -0.271. The molecule has 4 nitrogen and oxygen atoms in total. The molecule has 0 atom stereocenters. The van der Waals surface area contributed by atoms with Crippen LogP contribution < -0.4 is 10.2 Å². The fourth-order valence-electron chi connectivity index (χ4n) is 2.80. The van der Waals surface area contributed by atoms with Crippen molar-refractivity contribution in [3.05, 3.63) is 29.6 Å². The number of carbonyl (C=O) groups is 1. The third kappa shape index (κ3) is 5.78. The third-order valence-electron chi connectivity index (χ3n) is 4.41. The van der Waals surface area contributed by atoms with Crippen molar-refractivity contribution in [2.45, 2.75) is 59.1 Å². The second-order valence-corrected chi connectivity index (χ2v) is 7.84. The van der Waals surface area contributed by atoms with Crippen LogP contribution in [0.2, 0.25) is 0 Å². The van der Waals surface area contributed by atoms with E-state index >= 15 is 0 Å². The Balaban J connectivity index is 1.87. The van der Waals surface area contributed by atoms with E-state index in [0.717, 1.165) is 12.0 Å². The highest BCUT2D eigenvalue weighted by atomic mass is 19.1. The fraction of sp³-hybridized carbons (Fsp3) is 0.632. The zero-order chi connectivity index (χ0) is 17.7. The van der Waals surface area contributed by atoms with E-state index in [9.17, 15) is 14.3 Å². The molecule has 1 amide bonds. The average molecular weight is 336 g/mol. The second kappa shape index (κ2) is 7.97. The number of amides is 1. The summed E-state index contributed by atoms with van der Waals surface area (Å²) in [5, 5.41) is 12.4. The van der Waals surface area contributed by atoms with Gasteiger partial charge in [-0.1, -0.05) is 26.8 Å². The first-order chi connectivity index (χ1) is 11.2. The molecule has 24 heavy (non-hydrogen) atoms. The standard InChI is InChI=1S/C19H29FN2O2/c1-19(2,3)9-6-18(24)21-13-14-4-5-17(16(20)12-14)22-10-7-15(23)8-11-22/h4-5,12,15,23H,6-11,13H2,1-3H3,(H,21,24). The number of nitrogens with one attached hydrogen (secondary N) is 1. The Labute approximate surface area is 144 Å². The summed E-state index contributed by atoms with van der Waals surface area (Å²) in [6.45, 7) is 8.00. The molecule has 134 valence electrons. The van der Waals surface area contributed by atoms with Gasteiger partial charge < -0.3 is 15.3 Å². The summed E-state index contributed by atoms with van der Waals surface area (Å²) < 4.78 is 14.3. The van der Waals surface area contributed by atoms with Crippen LogP contribution in [-0.4, -0.2) is 30.2 Å². The van der Waals surface area contributed by atoms with Crippen LogP contribution >= 0.6 is 0 Å². The Morgan fingerprint density at radius 3 is 2.58 bits per heavy atom. The molecule has 0 aromatic heterocycles. The molecule has 1 saturated heterocycles. The van der Waals surface area contributed by atoms with Gasteiger partial charge in [0.2, 0.25) is 5.91 Å². The first-order valence-electron chi connectivity index (χ1n) is 8.73. The van der Waals surface area contributed by atoms with Gasteiger partial charge in [-0.05, 0) is 42.4 Å². The Morgan fingerprint density at radius 2 is 2.00 bits per heavy atom.